The lowest BCUT2D eigenvalue weighted by atomic mass is 10.1. The van der Waals surface area contributed by atoms with Crippen LogP contribution in [0.1, 0.15) is 31.9 Å². The zero-order valence-corrected chi connectivity index (χ0v) is 22.7. The first-order chi connectivity index (χ1) is 17.2. The number of amides is 2. The molecule has 0 spiro atoms. The van der Waals surface area contributed by atoms with Crippen molar-refractivity contribution in [1.29, 1.82) is 0 Å². The standard InChI is InChI=1S/C24H23IN2O8S/c1-4-33-19-11-16(12-20-22(28)26(24(30)36-20)14(3)23(29)34-5-2)10-18(25)21(19)35-13-15-6-8-17(9-7-15)27(31)32/h6-12,14H,4-5,13H2,1-3H3/b20-12+/t14-/m1/s1. The summed E-state index contributed by atoms with van der Waals surface area (Å²) < 4.78 is 17.3. The number of nitro groups is 1. The monoisotopic (exact) mass is 626 g/mol. The van der Waals surface area contributed by atoms with Crippen molar-refractivity contribution in [2.24, 2.45) is 0 Å². The molecule has 1 atom stereocenters. The smallest absolute Gasteiger partial charge is 0.329 e. The van der Waals surface area contributed by atoms with Gasteiger partial charge in [0.1, 0.15) is 12.6 Å². The van der Waals surface area contributed by atoms with Gasteiger partial charge in [0.2, 0.25) is 0 Å². The second-order valence-electron chi connectivity index (χ2n) is 7.45. The number of ether oxygens (including phenoxy) is 3. The lowest BCUT2D eigenvalue weighted by molar-refractivity contribution is -0.384. The Bertz CT molecular complexity index is 1220. The molecule has 0 N–H and O–H groups in total. The number of hydrogen-bond donors (Lipinski definition) is 0. The number of hydrogen-bond acceptors (Lipinski definition) is 9. The number of benzene rings is 2. The molecular formula is C24H23IN2O8S. The number of nitro benzene ring substituents is 1. The van der Waals surface area contributed by atoms with Crippen LogP contribution in [0.3, 0.4) is 0 Å². The van der Waals surface area contributed by atoms with E-state index in [1.807, 2.05) is 6.92 Å². The van der Waals surface area contributed by atoms with Gasteiger partial charge in [-0.15, -0.1) is 0 Å². The molecule has 0 unspecified atom stereocenters. The lowest BCUT2D eigenvalue weighted by Gasteiger charge is -2.19. The molecule has 0 aliphatic carbocycles. The van der Waals surface area contributed by atoms with Crippen LogP contribution in [0.25, 0.3) is 6.08 Å². The third-order valence-electron chi connectivity index (χ3n) is 5.00. The van der Waals surface area contributed by atoms with Gasteiger partial charge < -0.3 is 14.2 Å². The molecule has 0 radical (unpaired) electrons. The van der Waals surface area contributed by atoms with Crippen LogP contribution in [0.15, 0.2) is 41.3 Å². The first kappa shape index (κ1) is 27.5. The fraction of sp³-hybridized carbons (Fsp3) is 0.292. The van der Waals surface area contributed by atoms with Crippen LogP contribution in [-0.2, 0) is 20.9 Å². The first-order valence-corrected chi connectivity index (χ1v) is 12.8. The van der Waals surface area contributed by atoms with E-state index in [4.69, 9.17) is 14.2 Å². The number of non-ortho nitro benzene ring substituents is 1. The summed E-state index contributed by atoms with van der Waals surface area (Å²) in [7, 11) is 0. The summed E-state index contributed by atoms with van der Waals surface area (Å²) in [6, 6.07) is 8.49. The van der Waals surface area contributed by atoms with E-state index in [1.54, 1.807) is 37.3 Å². The van der Waals surface area contributed by atoms with Crippen molar-refractivity contribution in [2.45, 2.75) is 33.4 Å². The summed E-state index contributed by atoms with van der Waals surface area (Å²) in [4.78, 5) is 48.8. The maximum atomic E-state index is 12.9. The molecule has 0 aromatic heterocycles. The Balaban J connectivity index is 1.82. The Morgan fingerprint density at radius 2 is 1.86 bits per heavy atom. The van der Waals surface area contributed by atoms with Crippen molar-refractivity contribution in [1.82, 2.24) is 4.90 Å². The number of esters is 1. The molecule has 1 saturated heterocycles. The molecule has 2 aromatic carbocycles. The Morgan fingerprint density at radius 3 is 2.47 bits per heavy atom. The number of carbonyl (C=O) groups is 3. The van der Waals surface area contributed by atoms with Crippen LogP contribution < -0.4 is 9.47 Å². The third kappa shape index (κ3) is 6.35. The van der Waals surface area contributed by atoms with Gasteiger partial charge in [0, 0.05) is 12.1 Å². The van der Waals surface area contributed by atoms with Crippen LogP contribution >= 0.6 is 34.4 Å². The molecule has 3 rings (SSSR count). The highest BCUT2D eigenvalue weighted by atomic mass is 127. The molecule has 12 heteroatoms. The molecule has 36 heavy (non-hydrogen) atoms. The van der Waals surface area contributed by atoms with Gasteiger partial charge in [-0.25, -0.2) is 4.79 Å². The Kier molecular flexibility index (Phi) is 9.31. The van der Waals surface area contributed by atoms with E-state index in [1.165, 1.54) is 19.1 Å². The fourth-order valence-electron chi connectivity index (χ4n) is 3.28. The normalized spacial score (nSPS) is 15.2. The van der Waals surface area contributed by atoms with Crippen molar-refractivity contribution in [2.75, 3.05) is 13.2 Å². The number of thioether (sulfide) groups is 1. The summed E-state index contributed by atoms with van der Waals surface area (Å²) >= 11 is 2.83. The van der Waals surface area contributed by atoms with Gasteiger partial charge in [0.15, 0.2) is 11.5 Å². The molecule has 2 aromatic rings. The summed E-state index contributed by atoms with van der Waals surface area (Å²) in [6.45, 7) is 5.59. The van der Waals surface area contributed by atoms with E-state index in [-0.39, 0.29) is 23.8 Å². The summed E-state index contributed by atoms with van der Waals surface area (Å²) in [5.41, 5.74) is 1.35. The van der Waals surface area contributed by atoms with Gasteiger partial charge >= 0.3 is 5.97 Å². The van der Waals surface area contributed by atoms with Crippen molar-refractivity contribution in [3.8, 4) is 11.5 Å². The Hall–Kier alpha value is -3.13. The SMILES string of the molecule is CCOC(=O)[C@@H](C)N1C(=O)S/C(=C/c2cc(I)c(OCc3ccc([N+](=O)[O-])cc3)c(OCC)c2)C1=O. The zero-order chi connectivity index (χ0) is 26.4. The van der Waals surface area contributed by atoms with Gasteiger partial charge in [-0.05, 0) is 96.6 Å². The van der Waals surface area contributed by atoms with Gasteiger partial charge in [0.25, 0.3) is 16.8 Å². The van der Waals surface area contributed by atoms with E-state index in [9.17, 15) is 24.5 Å². The molecule has 2 amide bonds. The topological polar surface area (TPSA) is 125 Å². The first-order valence-electron chi connectivity index (χ1n) is 10.9. The number of imide groups is 1. The average molecular weight is 626 g/mol. The molecule has 1 aliphatic rings. The fourth-order valence-corrected chi connectivity index (χ4v) is 4.97. The second-order valence-corrected chi connectivity index (χ2v) is 9.61. The second kappa shape index (κ2) is 12.2. The maximum absolute atomic E-state index is 12.9. The Labute approximate surface area is 225 Å². The number of rotatable bonds is 10. The zero-order valence-electron chi connectivity index (χ0n) is 19.7. The molecule has 0 saturated carbocycles. The van der Waals surface area contributed by atoms with Gasteiger partial charge in [-0.3, -0.25) is 24.6 Å². The largest absolute Gasteiger partial charge is 0.490 e. The minimum absolute atomic E-state index is 0.00578. The van der Waals surface area contributed by atoms with Gasteiger partial charge in [-0.2, -0.15) is 0 Å². The minimum Gasteiger partial charge on any atom is -0.490 e. The van der Waals surface area contributed by atoms with Crippen LogP contribution in [0.2, 0.25) is 0 Å². The summed E-state index contributed by atoms with van der Waals surface area (Å²) in [6.07, 6.45) is 1.56. The number of nitrogens with zero attached hydrogens (tertiary/aromatic N) is 2. The quantitative estimate of drug-likeness (QED) is 0.116. The van der Waals surface area contributed by atoms with Gasteiger partial charge in [0.05, 0.1) is 26.6 Å². The van der Waals surface area contributed by atoms with Gasteiger partial charge in [-0.1, -0.05) is 0 Å². The predicted octanol–water partition coefficient (Wildman–Crippen LogP) is 5.17. The van der Waals surface area contributed by atoms with Crippen LogP contribution in [0.4, 0.5) is 10.5 Å². The number of halogens is 1. The third-order valence-corrected chi connectivity index (χ3v) is 6.68. The van der Waals surface area contributed by atoms with Crippen LogP contribution in [-0.4, -0.2) is 46.2 Å². The van der Waals surface area contributed by atoms with Crippen LogP contribution in [0, 0.1) is 13.7 Å². The molecule has 10 nitrogen and oxygen atoms in total. The molecular weight excluding hydrogens is 603 g/mol. The van der Waals surface area contributed by atoms with E-state index in [2.05, 4.69) is 22.6 Å². The molecule has 1 fully saturated rings. The summed E-state index contributed by atoms with van der Waals surface area (Å²) in [5.74, 6) is -0.297. The number of carbonyl (C=O) groups excluding carboxylic acids is 3. The highest BCUT2D eigenvalue weighted by molar-refractivity contribution is 14.1. The van der Waals surface area contributed by atoms with E-state index in [0.29, 0.717) is 27.2 Å². The predicted molar refractivity (Wildman–Crippen MR) is 142 cm³/mol. The summed E-state index contributed by atoms with van der Waals surface area (Å²) in [5, 5.41) is 10.3. The maximum Gasteiger partial charge on any atom is 0.329 e. The average Bonchev–Trinajstić information content (AvgIpc) is 3.11. The molecule has 0 bridgehead atoms. The van der Waals surface area contributed by atoms with Crippen molar-refractivity contribution >= 4 is 63.2 Å². The van der Waals surface area contributed by atoms with Crippen molar-refractivity contribution in [3.05, 3.63) is 66.1 Å². The Morgan fingerprint density at radius 1 is 1.17 bits per heavy atom. The molecule has 1 heterocycles. The highest BCUT2D eigenvalue weighted by Gasteiger charge is 2.41. The molecule has 1 aliphatic heterocycles. The van der Waals surface area contributed by atoms with E-state index >= 15 is 0 Å². The highest BCUT2D eigenvalue weighted by Crippen LogP contribution is 2.38. The molecule has 190 valence electrons. The lowest BCUT2D eigenvalue weighted by Crippen LogP contribution is -2.42. The minimum atomic E-state index is -1.03. The van der Waals surface area contributed by atoms with E-state index < -0.39 is 28.1 Å². The van der Waals surface area contributed by atoms with Crippen molar-refractivity contribution < 1.29 is 33.5 Å². The van der Waals surface area contributed by atoms with Crippen LogP contribution in [0.5, 0.6) is 11.5 Å². The van der Waals surface area contributed by atoms with Crippen molar-refractivity contribution in [3.63, 3.8) is 0 Å². The van der Waals surface area contributed by atoms with E-state index in [0.717, 1.165) is 22.2 Å².